The summed E-state index contributed by atoms with van der Waals surface area (Å²) in [6.07, 6.45) is 0. The van der Waals surface area contributed by atoms with Crippen LogP contribution in [0.2, 0.25) is 0 Å². The smallest absolute Gasteiger partial charge is 0.269 e. The average Bonchev–Trinajstić information content (AvgIpc) is 3.06. The van der Waals surface area contributed by atoms with Crippen molar-refractivity contribution in [2.24, 2.45) is 0 Å². The maximum atomic E-state index is 9.03. The molecule has 0 spiro atoms. The van der Waals surface area contributed by atoms with Crippen molar-refractivity contribution in [2.75, 3.05) is 0 Å². The number of aryl methyl sites for hydroxylation is 1. The second-order valence-electron chi connectivity index (χ2n) is 4.18. The predicted octanol–water partition coefficient (Wildman–Crippen LogP) is 4.41. The lowest BCUT2D eigenvalue weighted by Gasteiger charge is -1.99. The molecule has 0 saturated carbocycles. The number of thiophene rings is 1. The summed E-state index contributed by atoms with van der Waals surface area (Å²) in [5.74, 6) is 0.878. The van der Waals surface area contributed by atoms with E-state index in [0.717, 1.165) is 15.6 Å². The Labute approximate surface area is 127 Å². The van der Waals surface area contributed by atoms with Crippen molar-refractivity contribution in [3.05, 3.63) is 45.2 Å². The molecule has 1 aromatic carbocycles. The normalized spacial score (nSPS) is 10.4. The van der Waals surface area contributed by atoms with Crippen molar-refractivity contribution in [1.29, 1.82) is 5.26 Å². The van der Waals surface area contributed by atoms with E-state index < -0.39 is 0 Å². The molecule has 98 valence electrons. The molecule has 6 heteroatoms. The van der Waals surface area contributed by atoms with Crippen LogP contribution in [-0.4, -0.2) is 10.1 Å². The van der Waals surface area contributed by atoms with E-state index in [0.29, 0.717) is 22.2 Å². The summed E-state index contributed by atoms with van der Waals surface area (Å²) in [4.78, 5) is 5.08. The van der Waals surface area contributed by atoms with Crippen LogP contribution in [0.25, 0.3) is 22.2 Å². The van der Waals surface area contributed by atoms with Gasteiger partial charge in [0.15, 0.2) is 0 Å². The van der Waals surface area contributed by atoms with Gasteiger partial charge in [0.2, 0.25) is 5.82 Å². The van der Waals surface area contributed by atoms with Gasteiger partial charge >= 0.3 is 0 Å². The minimum atomic E-state index is 0.374. The lowest BCUT2D eigenvalue weighted by molar-refractivity contribution is 0.433. The Bertz CT molecular complexity index is 816. The summed E-state index contributed by atoms with van der Waals surface area (Å²) in [5, 5.41) is 14.8. The summed E-state index contributed by atoms with van der Waals surface area (Å²) < 4.78 is 6.18. The Balaban J connectivity index is 2.05. The van der Waals surface area contributed by atoms with E-state index in [1.165, 1.54) is 11.3 Å². The molecular weight excluding hydrogens is 338 g/mol. The van der Waals surface area contributed by atoms with Crippen molar-refractivity contribution in [3.63, 3.8) is 0 Å². The van der Waals surface area contributed by atoms with E-state index >= 15 is 0 Å². The molecule has 20 heavy (non-hydrogen) atoms. The number of nitrogens with zero attached hydrogens (tertiary/aromatic N) is 3. The molecule has 4 nitrogen and oxygen atoms in total. The summed E-state index contributed by atoms with van der Waals surface area (Å²) in [6.45, 7) is 2.01. The second kappa shape index (κ2) is 5.19. The van der Waals surface area contributed by atoms with Crippen molar-refractivity contribution in [2.45, 2.75) is 6.92 Å². The first-order chi connectivity index (χ1) is 9.69. The first-order valence-electron chi connectivity index (χ1n) is 5.77. The minimum Gasteiger partial charge on any atom is -0.333 e. The zero-order chi connectivity index (χ0) is 14.1. The first-order valence-corrected chi connectivity index (χ1v) is 7.44. The highest BCUT2D eigenvalue weighted by Crippen LogP contribution is 2.32. The van der Waals surface area contributed by atoms with Crippen molar-refractivity contribution >= 4 is 27.3 Å². The van der Waals surface area contributed by atoms with Gasteiger partial charge in [-0.1, -0.05) is 27.2 Å². The summed E-state index contributed by atoms with van der Waals surface area (Å²) in [6, 6.07) is 9.78. The average molecular weight is 346 g/mol. The van der Waals surface area contributed by atoms with Crippen LogP contribution in [-0.2, 0) is 0 Å². The van der Waals surface area contributed by atoms with Crippen LogP contribution in [0.1, 0.15) is 11.1 Å². The third kappa shape index (κ3) is 2.26. The summed E-state index contributed by atoms with van der Waals surface area (Å²) in [5.41, 5.74) is 2.56. The van der Waals surface area contributed by atoms with E-state index in [1.54, 1.807) is 6.07 Å². The van der Waals surface area contributed by atoms with Gasteiger partial charge in [-0.25, -0.2) is 0 Å². The molecule has 0 saturated heterocycles. The highest BCUT2D eigenvalue weighted by molar-refractivity contribution is 9.10. The monoisotopic (exact) mass is 345 g/mol. The van der Waals surface area contributed by atoms with E-state index in [2.05, 4.69) is 32.1 Å². The largest absolute Gasteiger partial charge is 0.333 e. The van der Waals surface area contributed by atoms with Crippen LogP contribution in [0.4, 0.5) is 0 Å². The Morgan fingerprint density at radius 1 is 1.35 bits per heavy atom. The second-order valence-corrected chi connectivity index (χ2v) is 5.95. The zero-order valence-electron chi connectivity index (χ0n) is 10.4. The molecule has 2 heterocycles. The van der Waals surface area contributed by atoms with E-state index in [-0.39, 0.29) is 0 Å². The number of nitriles is 1. The fraction of sp³-hybridized carbons (Fsp3) is 0.0714. The Morgan fingerprint density at radius 3 is 2.95 bits per heavy atom. The van der Waals surface area contributed by atoms with E-state index in [1.807, 2.05) is 30.5 Å². The van der Waals surface area contributed by atoms with Crippen LogP contribution in [0.15, 0.2) is 38.6 Å². The van der Waals surface area contributed by atoms with Gasteiger partial charge in [0.1, 0.15) is 10.9 Å². The molecule has 0 aliphatic rings. The molecule has 2 aromatic heterocycles. The van der Waals surface area contributed by atoms with Crippen LogP contribution in [0, 0.1) is 18.3 Å². The van der Waals surface area contributed by atoms with E-state index in [9.17, 15) is 0 Å². The lowest BCUT2D eigenvalue weighted by Crippen LogP contribution is -1.84. The van der Waals surface area contributed by atoms with Gasteiger partial charge in [-0.2, -0.15) is 10.2 Å². The SMILES string of the molecule is Cc1ccc(-c2noc(-c3sccc3C#N)n2)c(Br)c1. The predicted molar refractivity (Wildman–Crippen MR) is 80.2 cm³/mol. The van der Waals surface area contributed by atoms with Crippen LogP contribution in [0.5, 0.6) is 0 Å². The van der Waals surface area contributed by atoms with Gasteiger partial charge in [0, 0.05) is 10.0 Å². The first kappa shape index (κ1) is 13.0. The minimum absolute atomic E-state index is 0.374. The number of hydrogen-bond acceptors (Lipinski definition) is 5. The third-order valence-corrected chi connectivity index (χ3v) is 4.33. The summed E-state index contributed by atoms with van der Waals surface area (Å²) >= 11 is 4.91. The maximum Gasteiger partial charge on any atom is 0.269 e. The maximum absolute atomic E-state index is 9.03. The molecule has 0 amide bonds. The van der Waals surface area contributed by atoms with Crippen LogP contribution < -0.4 is 0 Å². The van der Waals surface area contributed by atoms with Gasteiger partial charge in [-0.15, -0.1) is 11.3 Å². The van der Waals surface area contributed by atoms with Gasteiger partial charge in [-0.3, -0.25) is 0 Å². The molecule has 3 rings (SSSR count). The Hall–Kier alpha value is -1.97. The fourth-order valence-electron chi connectivity index (χ4n) is 1.79. The number of halogens is 1. The Morgan fingerprint density at radius 2 is 2.20 bits per heavy atom. The summed E-state index contributed by atoms with van der Waals surface area (Å²) in [7, 11) is 0. The van der Waals surface area contributed by atoms with E-state index in [4.69, 9.17) is 9.78 Å². The van der Waals surface area contributed by atoms with Gasteiger partial charge < -0.3 is 4.52 Å². The van der Waals surface area contributed by atoms with Gasteiger partial charge in [0.25, 0.3) is 5.89 Å². The molecule has 0 aliphatic carbocycles. The quantitative estimate of drug-likeness (QED) is 0.690. The molecular formula is C14H8BrN3OS. The van der Waals surface area contributed by atoms with Gasteiger partial charge in [-0.05, 0) is 36.1 Å². The van der Waals surface area contributed by atoms with Crippen molar-refractivity contribution in [1.82, 2.24) is 10.1 Å². The fourth-order valence-corrected chi connectivity index (χ4v) is 3.22. The van der Waals surface area contributed by atoms with Crippen LogP contribution >= 0.6 is 27.3 Å². The molecule has 0 N–H and O–H groups in total. The molecule has 0 radical (unpaired) electrons. The molecule has 0 aliphatic heterocycles. The molecule has 0 bridgehead atoms. The highest BCUT2D eigenvalue weighted by Gasteiger charge is 2.16. The number of benzene rings is 1. The molecule has 0 unspecified atom stereocenters. The van der Waals surface area contributed by atoms with Crippen LogP contribution in [0.3, 0.4) is 0 Å². The third-order valence-electron chi connectivity index (χ3n) is 2.77. The lowest BCUT2D eigenvalue weighted by atomic mass is 10.1. The molecule has 0 fully saturated rings. The standard InChI is InChI=1S/C14H8BrN3OS/c1-8-2-3-10(11(15)6-8)13-17-14(19-18-13)12-9(7-16)4-5-20-12/h2-6H,1H3. The zero-order valence-corrected chi connectivity index (χ0v) is 12.8. The van der Waals surface area contributed by atoms with Gasteiger partial charge in [0.05, 0.1) is 5.56 Å². The van der Waals surface area contributed by atoms with Crippen molar-refractivity contribution < 1.29 is 4.52 Å². The topological polar surface area (TPSA) is 62.7 Å². The number of rotatable bonds is 2. The van der Waals surface area contributed by atoms with Crippen molar-refractivity contribution in [3.8, 4) is 28.2 Å². The molecule has 0 atom stereocenters. The highest BCUT2D eigenvalue weighted by atomic mass is 79.9. The number of hydrogen-bond donors (Lipinski definition) is 0. The molecule has 3 aromatic rings. The number of aromatic nitrogens is 2. The Kier molecular flexibility index (Phi) is 3.38.